The summed E-state index contributed by atoms with van der Waals surface area (Å²) in [4.78, 5) is 4.32. The van der Waals surface area contributed by atoms with E-state index in [-0.39, 0.29) is 5.56 Å². The number of nitrogens with one attached hydrogen (secondary N) is 1. The minimum atomic E-state index is -0.515. The minimum Gasteiger partial charge on any atom is -0.381 e. The first-order valence-electron chi connectivity index (χ1n) is 7.50. The maximum Gasteiger partial charge on any atom is 0.153 e. The van der Waals surface area contributed by atoms with Gasteiger partial charge < -0.3 is 5.32 Å². The standard InChI is InChI=1S/C18H16FN5/c1-12-16(11-22-15-6-7-17(19)14(9-15)10-20)13(2)24(23-12)18-5-3-4-8-21-18/h3-9,22H,11H2,1-2H3. The van der Waals surface area contributed by atoms with E-state index in [0.717, 1.165) is 22.8 Å². The van der Waals surface area contributed by atoms with Gasteiger partial charge in [0.05, 0.1) is 11.3 Å². The average Bonchev–Trinajstić information content (AvgIpc) is 2.89. The van der Waals surface area contributed by atoms with Crippen molar-refractivity contribution in [1.82, 2.24) is 14.8 Å². The van der Waals surface area contributed by atoms with Crippen molar-refractivity contribution in [2.45, 2.75) is 20.4 Å². The molecule has 24 heavy (non-hydrogen) atoms. The van der Waals surface area contributed by atoms with Gasteiger partial charge in [-0.1, -0.05) is 6.07 Å². The first kappa shape index (κ1) is 15.7. The summed E-state index contributed by atoms with van der Waals surface area (Å²) in [6, 6.07) is 11.9. The third kappa shape index (κ3) is 2.97. The van der Waals surface area contributed by atoms with Crippen molar-refractivity contribution in [2.75, 3.05) is 5.32 Å². The van der Waals surface area contributed by atoms with Crippen molar-refractivity contribution >= 4 is 5.69 Å². The number of aryl methyl sites for hydroxylation is 1. The summed E-state index contributed by atoms with van der Waals surface area (Å²) in [6.07, 6.45) is 1.73. The summed E-state index contributed by atoms with van der Waals surface area (Å²) in [7, 11) is 0. The third-order valence-electron chi connectivity index (χ3n) is 3.86. The van der Waals surface area contributed by atoms with Crippen LogP contribution in [0.15, 0.2) is 42.6 Å². The van der Waals surface area contributed by atoms with E-state index >= 15 is 0 Å². The Labute approximate surface area is 139 Å². The van der Waals surface area contributed by atoms with Gasteiger partial charge in [-0.05, 0) is 44.2 Å². The molecule has 0 bridgehead atoms. The number of rotatable bonds is 4. The first-order chi connectivity index (χ1) is 11.6. The predicted molar refractivity (Wildman–Crippen MR) is 89.3 cm³/mol. The van der Waals surface area contributed by atoms with Crippen molar-refractivity contribution in [3.8, 4) is 11.9 Å². The smallest absolute Gasteiger partial charge is 0.153 e. The van der Waals surface area contributed by atoms with Crippen LogP contribution in [-0.4, -0.2) is 14.8 Å². The van der Waals surface area contributed by atoms with Gasteiger partial charge in [0.2, 0.25) is 0 Å². The molecule has 2 heterocycles. The Morgan fingerprint density at radius 1 is 1.25 bits per heavy atom. The highest BCUT2D eigenvalue weighted by molar-refractivity contribution is 5.50. The van der Waals surface area contributed by atoms with Gasteiger partial charge in [0.25, 0.3) is 0 Å². The van der Waals surface area contributed by atoms with Gasteiger partial charge in [-0.15, -0.1) is 0 Å². The van der Waals surface area contributed by atoms with Gasteiger partial charge in [-0.2, -0.15) is 10.4 Å². The highest BCUT2D eigenvalue weighted by Gasteiger charge is 2.13. The fraction of sp³-hybridized carbons (Fsp3) is 0.167. The van der Waals surface area contributed by atoms with E-state index in [1.807, 2.05) is 38.1 Å². The van der Waals surface area contributed by atoms with E-state index in [1.54, 1.807) is 16.9 Å². The van der Waals surface area contributed by atoms with E-state index in [0.29, 0.717) is 12.2 Å². The summed E-state index contributed by atoms with van der Waals surface area (Å²) in [5.74, 6) is 0.247. The summed E-state index contributed by atoms with van der Waals surface area (Å²) in [5, 5.41) is 16.7. The molecular formula is C18H16FN5. The molecule has 0 aliphatic carbocycles. The number of pyridine rings is 1. The van der Waals surface area contributed by atoms with Crippen molar-refractivity contribution in [3.63, 3.8) is 0 Å². The molecule has 0 spiro atoms. The number of nitriles is 1. The Balaban J connectivity index is 1.84. The highest BCUT2D eigenvalue weighted by atomic mass is 19.1. The Morgan fingerprint density at radius 2 is 2.08 bits per heavy atom. The number of aromatic nitrogens is 3. The van der Waals surface area contributed by atoms with Crippen LogP contribution in [0.25, 0.3) is 5.82 Å². The Morgan fingerprint density at radius 3 is 2.79 bits per heavy atom. The number of anilines is 1. The molecule has 0 saturated carbocycles. The van der Waals surface area contributed by atoms with E-state index in [4.69, 9.17) is 5.26 Å². The molecule has 0 unspecified atom stereocenters. The molecule has 1 N–H and O–H groups in total. The normalized spacial score (nSPS) is 10.4. The molecule has 5 nitrogen and oxygen atoms in total. The molecule has 0 fully saturated rings. The number of benzene rings is 1. The Bertz CT molecular complexity index is 909. The lowest BCUT2D eigenvalue weighted by atomic mass is 10.1. The van der Waals surface area contributed by atoms with Crippen LogP contribution in [0.4, 0.5) is 10.1 Å². The van der Waals surface area contributed by atoms with Crippen molar-refractivity contribution in [3.05, 3.63) is 70.9 Å². The molecule has 3 rings (SSSR count). The molecule has 3 aromatic rings. The van der Waals surface area contributed by atoms with Gasteiger partial charge in [0.1, 0.15) is 11.9 Å². The van der Waals surface area contributed by atoms with E-state index in [9.17, 15) is 4.39 Å². The lowest BCUT2D eigenvalue weighted by Crippen LogP contribution is -2.04. The lowest BCUT2D eigenvalue weighted by Gasteiger charge is -2.08. The maximum absolute atomic E-state index is 13.4. The molecule has 0 atom stereocenters. The molecule has 0 saturated heterocycles. The molecule has 6 heteroatoms. The van der Waals surface area contributed by atoms with Gasteiger partial charge >= 0.3 is 0 Å². The minimum absolute atomic E-state index is 0.0256. The second kappa shape index (κ2) is 6.50. The highest BCUT2D eigenvalue weighted by Crippen LogP contribution is 2.19. The van der Waals surface area contributed by atoms with Crippen molar-refractivity contribution in [2.24, 2.45) is 0 Å². The molecule has 0 amide bonds. The molecule has 2 aromatic heterocycles. The lowest BCUT2D eigenvalue weighted by molar-refractivity contribution is 0.624. The monoisotopic (exact) mass is 321 g/mol. The molecule has 0 aliphatic rings. The second-order valence-electron chi connectivity index (χ2n) is 5.41. The zero-order valence-electron chi connectivity index (χ0n) is 13.4. The SMILES string of the molecule is Cc1nn(-c2ccccn2)c(C)c1CNc1ccc(F)c(C#N)c1. The zero-order chi connectivity index (χ0) is 17.1. The number of halogens is 1. The van der Waals surface area contributed by atoms with Crippen LogP contribution in [0.2, 0.25) is 0 Å². The predicted octanol–water partition coefficient (Wildman–Crippen LogP) is 3.51. The summed E-state index contributed by atoms with van der Waals surface area (Å²) >= 11 is 0. The molecular weight excluding hydrogens is 305 g/mol. The summed E-state index contributed by atoms with van der Waals surface area (Å²) in [6.45, 7) is 4.45. The summed E-state index contributed by atoms with van der Waals surface area (Å²) in [5.41, 5.74) is 3.65. The molecule has 0 aliphatic heterocycles. The molecule has 1 aromatic carbocycles. The van der Waals surface area contributed by atoms with Crippen LogP contribution >= 0.6 is 0 Å². The van der Waals surface area contributed by atoms with E-state index < -0.39 is 5.82 Å². The maximum atomic E-state index is 13.4. The average molecular weight is 321 g/mol. The van der Waals surface area contributed by atoms with Crippen LogP contribution in [0, 0.1) is 31.0 Å². The summed E-state index contributed by atoms with van der Waals surface area (Å²) < 4.78 is 15.2. The molecule has 0 radical (unpaired) electrons. The van der Waals surface area contributed by atoms with Gasteiger partial charge in [-0.25, -0.2) is 14.1 Å². The van der Waals surface area contributed by atoms with Crippen molar-refractivity contribution in [1.29, 1.82) is 5.26 Å². The quantitative estimate of drug-likeness (QED) is 0.798. The number of hydrogen-bond acceptors (Lipinski definition) is 4. The number of hydrogen-bond donors (Lipinski definition) is 1. The van der Waals surface area contributed by atoms with Crippen LogP contribution in [0.1, 0.15) is 22.5 Å². The third-order valence-corrected chi connectivity index (χ3v) is 3.86. The number of nitrogens with zero attached hydrogens (tertiary/aromatic N) is 4. The van der Waals surface area contributed by atoms with E-state index in [1.165, 1.54) is 12.1 Å². The topological polar surface area (TPSA) is 66.5 Å². The van der Waals surface area contributed by atoms with E-state index in [2.05, 4.69) is 15.4 Å². The Kier molecular flexibility index (Phi) is 4.25. The van der Waals surface area contributed by atoms with Gasteiger partial charge in [0, 0.05) is 29.7 Å². The Hall–Kier alpha value is -3.20. The zero-order valence-corrected chi connectivity index (χ0v) is 13.4. The fourth-order valence-electron chi connectivity index (χ4n) is 2.54. The second-order valence-corrected chi connectivity index (χ2v) is 5.41. The van der Waals surface area contributed by atoms with Crippen LogP contribution < -0.4 is 5.32 Å². The first-order valence-corrected chi connectivity index (χ1v) is 7.50. The fourth-order valence-corrected chi connectivity index (χ4v) is 2.54. The van der Waals surface area contributed by atoms with Crippen molar-refractivity contribution < 1.29 is 4.39 Å². The van der Waals surface area contributed by atoms with Gasteiger partial charge in [0.15, 0.2) is 5.82 Å². The molecule has 120 valence electrons. The largest absolute Gasteiger partial charge is 0.381 e. The van der Waals surface area contributed by atoms with Crippen LogP contribution in [0.5, 0.6) is 0 Å². The van der Waals surface area contributed by atoms with Crippen LogP contribution in [0.3, 0.4) is 0 Å². The van der Waals surface area contributed by atoms with Gasteiger partial charge in [-0.3, -0.25) is 0 Å². The van der Waals surface area contributed by atoms with Crippen LogP contribution in [-0.2, 0) is 6.54 Å².